The summed E-state index contributed by atoms with van der Waals surface area (Å²) in [6.07, 6.45) is 11.0. The summed E-state index contributed by atoms with van der Waals surface area (Å²) in [7, 11) is 0. The number of rotatable bonds is 12. The molecule has 0 unspecified atom stereocenters. The lowest BCUT2D eigenvalue weighted by Crippen LogP contribution is -2.34. The fraction of sp³-hybridized carbons (Fsp3) is 0.519. The molecule has 0 spiro atoms. The Labute approximate surface area is 232 Å². The minimum atomic E-state index is -0.408. The minimum Gasteiger partial charge on any atom is -0.379 e. The third kappa shape index (κ3) is 7.03. The Morgan fingerprint density at radius 3 is 2.54 bits per heavy atom. The molecule has 3 aromatic rings. The first kappa shape index (κ1) is 27.3. The summed E-state index contributed by atoms with van der Waals surface area (Å²) in [5, 5.41) is 15.0. The molecule has 3 heterocycles. The van der Waals surface area contributed by atoms with Gasteiger partial charge in [-0.25, -0.2) is 14.5 Å². The van der Waals surface area contributed by atoms with E-state index >= 15 is 0 Å². The molecule has 1 amide bonds. The van der Waals surface area contributed by atoms with Crippen LogP contribution in [0.25, 0.3) is 5.65 Å². The number of carbonyl (C=O) groups excluding carboxylic acids is 2. The number of imidazole rings is 1. The van der Waals surface area contributed by atoms with Gasteiger partial charge in [-0.15, -0.1) is 5.10 Å². The summed E-state index contributed by atoms with van der Waals surface area (Å²) < 4.78 is 1.58. The molecule has 2 aliphatic rings. The van der Waals surface area contributed by atoms with Crippen LogP contribution in [-0.4, -0.2) is 55.9 Å². The molecule has 12 heteroatoms. The van der Waals surface area contributed by atoms with Crippen molar-refractivity contribution >= 4 is 46.1 Å². The third-order valence-electron chi connectivity index (χ3n) is 7.44. The Hall–Kier alpha value is -3.28. The molecule has 7 N–H and O–H groups in total. The highest BCUT2D eigenvalue weighted by molar-refractivity contribution is 6.29. The highest BCUT2D eigenvalue weighted by Gasteiger charge is 2.27. The normalized spacial score (nSPS) is 20.0. The van der Waals surface area contributed by atoms with Crippen LogP contribution in [0.15, 0.2) is 30.6 Å². The van der Waals surface area contributed by atoms with Gasteiger partial charge in [-0.1, -0.05) is 11.6 Å². The lowest BCUT2D eigenvalue weighted by Gasteiger charge is -2.29. The summed E-state index contributed by atoms with van der Waals surface area (Å²) >= 11 is 5.97. The molecule has 2 saturated carbocycles. The number of fused-ring (bicyclic) bond motifs is 1. The molecule has 208 valence electrons. The molecule has 0 saturated heterocycles. The standard InChI is InChI=1S/C27H36ClN9O2/c28-24-13-19(9-11-31-24)35-27(39)22-15-32-26-21(33-17-7-8-17)14-25(36-37(22)26)34-18-5-3-16(4-6-18)12-23(38)20(30)2-1-10-29/h9,11,13-18,20,33H,1-8,10,12,29-30H2,(H,34,36)(H,31,35,39)/t16?,18?,20-/m1/s1. The maximum atomic E-state index is 13.1. The van der Waals surface area contributed by atoms with Gasteiger partial charge in [0.25, 0.3) is 5.91 Å². The van der Waals surface area contributed by atoms with Crippen LogP contribution >= 0.6 is 11.6 Å². The first-order valence-corrected chi connectivity index (χ1v) is 14.1. The maximum Gasteiger partial charge on any atom is 0.276 e. The van der Waals surface area contributed by atoms with Crippen molar-refractivity contribution in [3.05, 3.63) is 41.4 Å². The van der Waals surface area contributed by atoms with Crippen molar-refractivity contribution in [2.45, 2.75) is 75.9 Å². The monoisotopic (exact) mass is 553 g/mol. The molecule has 0 aliphatic heterocycles. The average molecular weight is 554 g/mol. The summed E-state index contributed by atoms with van der Waals surface area (Å²) in [6.45, 7) is 0.556. The van der Waals surface area contributed by atoms with E-state index in [1.165, 1.54) is 12.4 Å². The number of anilines is 3. The molecule has 2 aliphatic carbocycles. The second-order valence-corrected chi connectivity index (χ2v) is 11.0. The fourth-order valence-electron chi connectivity index (χ4n) is 5.08. The molecule has 3 aromatic heterocycles. The van der Waals surface area contributed by atoms with E-state index in [0.717, 1.165) is 50.6 Å². The first-order valence-electron chi connectivity index (χ1n) is 13.7. The molecular formula is C27H36ClN9O2. The zero-order valence-corrected chi connectivity index (χ0v) is 22.7. The lowest BCUT2D eigenvalue weighted by molar-refractivity contribution is -0.121. The van der Waals surface area contributed by atoms with E-state index in [0.29, 0.717) is 59.3 Å². The topological polar surface area (TPSA) is 165 Å². The van der Waals surface area contributed by atoms with Crippen LogP contribution in [-0.2, 0) is 4.79 Å². The molecule has 0 bridgehead atoms. The van der Waals surface area contributed by atoms with Crippen molar-refractivity contribution in [2.75, 3.05) is 22.5 Å². The Morgan fingerprint density at radius 1 is 1.08 bits per heavy atom. The number of aromatic nitrogens is 4. The van der Waals surface area contributed by atoms with Gasteiger partial charge < -0.3 is 27.4 Å². The third-order valence-corrected chi connectivity index (χ3v) is 7.65. The molecule has 11 nitrogen and oxygen atoms in total. The summed E-state index contributed by atoms with van der Waals surface area (Å²) in [5.41, 5.74) is 13.9. The number of carbonyl (C=O) groups is 2. The van der Waals surface area contributed by atoms with Crippen LogP contribution in [0.4, 0.5) is 17.2 Å². The van der Waals surface area contributed by atoms with Gasteiger partial charge in [0.15, 0.2) is 11.3 Å². The molecule has 2 fully saturated rings. The van der Waals surface area contributed by atoms with E-state index in [1.807, 2.05) is 6.07 Å². The van der Waals surface area contributed by atoms with Crippen molar-refractivity contribution in [1.29, 1.82) is 0 Å². The van der Waals surface area contributed by atoms with Crippen molar-refractivity contribution in [1.82, 2.24) is 19.6 Å². The van der Waals surface area contributed by atoms with Gasteiger partial charge in [0.2, 0.25) is 0 Å². The first-order chi connectivity index (χ1) is 18.9. The summed E-state index contributed by atoms with van der Waals surface area (Å²) in [5.74, 6) is 0.824. The number of amides is 1. The van der Waals surface area contributed by atoms with Crippen LogP contribution in [0, 0.1) is 5.92 Å². The number of halogens is 1. The van der Waals surface area contributed by atoms with Crippen molar-refractivity contribution in [3.63, 3.8) is 0 Å². The maximum absolute atomic E-state index is 13.1. The Morgan fingerprint density at radius 2 is 1.82 bits per heavy atom. The van der Waals surface area contributed by atoms with Gasteiger partial charge in [-0.05, 0) is 76.0 Å². The van der Waals surface area contributed by atoms with Gasteiger partial charge in [0.05, 0.1) is 17.9 Å². The number of ketones is 1. The lowest BCUT2D eigenvalue weighted by atomic mass is 9.82. The quantitative estimate of drug-likeness (QED) is 0.211. The molecule has 5 rings (SSSR count). The number of pyridine rings is 1. The van der Waals surface area contributed by atoms with Gasteiger partial charge in [-0.3, -0.25) is 9.59 Å². The minimum absolute atomic E-state index is 0.141. The van der Waals surface area contributed by atoms with Crippen molar-refractivity contribution in [3.8, 4) is 0 Å². The number of hydrogen-bond acceptors (Lipinski definition) is 9. The van der Waals surface area contributed by atoms with Gasteiger partial charge in [-0.2, -0.15) is 0 Å². The second-order valence-electron chi connectivity index (χ2n) is 10.6. The number of Topliss-reactive ketones (excluding diaryl/α,β-unsaturated/α-hetero) is 1. The van der Waals surface area contributed by atoms with E-state index in [4.69, 9.17) is 28.2 Å². The van der Waals surface area contributed by atoms with Crippen LogP contribution < -0.4 is 27.4 Å². The molecule has 0 radical (unpaired) electrons. The largest absolute Gasteiger partial charge is 0.379 e. The Kier molecular flexibility index (Phi) is 8.59. The Balaban J connectivity index is 1.27. The number of nitrogens with one attached hydrogen (secondary N) is 3. The summed E-state index contributed by atoms with van der Waals surface area (Å²) in [4.78, 5) is 34.1. The van der Waals surface area contributed by atoms with E-state index < -0.39 is 6.04 Å². The summed E-state index contributed by atoms with van der Waals surface area (Å²) in [6, 6.07) is 5.44. The van der Waals surface area contributed by atoms with Crippen LogP contribution in [0.2, 0.25) is 5.15 Å². The van der Waals surface area contributed by atoms with Crippen LogP contribution in [0.5, 0.6) is 0 Å². The van der Waals surface area contributed by atoms with Crippen LogP contribution in [0.3, 0.4) is 0 Å². The van der Waals surface area contributed by atoms with Gasteiger partial charge in [0.1, 0.15) is 16.8 Å². The van der Waals surface area contributed by atoms with E-state index in [-0.39, 0.29) is 17.7 Å². The smallest absolute Gasteiger partial charge is 0.276 e. The van der Waals surface area contributed by atoms with E-state index in [1.54, 1.807) is 16.6 Å². The highest BCUT2D eigenvalue weighted by atomic mass is 35.5. The fourth-order valence-corrected chi connectivity index (χ4v) is 5.25. The predicted molar refractivity (Wildman–Crippen MR) is 152 cm³/mol. The number of nitrogens with zero attached hydrogens (tertiary/aromatic N) is 4. The molecule has 1 atom stereocenters. The zero-order valence-electron chi connectivity index (χ0n) is 21.9. The van der Waals surface area contributed by atoms with E-state index in [9.17, 15) is 9.59 Å². The average Bonchev–Trinajstić information content (AvgIpc) is 3.63. The van der Waals surface area contributed by atoms with E-state index in [2.05, 4.69) is 25.9 Å². The Bertz CT molecular complexity index is 1320. The van der Waals surface area contributed by atoms with Gasteiger partial charge in [0, 0.05) is 36.5 Å². The van der Waals surface area contributed by atoms with Crippen molar-refractivity contribution in [2.24, 2.45) is 17.4 Å². The zero-order chi connectivity index (χ0) is 27.4. The SMILES string of the molecule is NCCC[C@@H](N)C(=O)CC1CCC(Nc2cc(NC3CC3)c3ncc(C(=O)Nc4ccnc(Cl)c4)n3n2)CC1. The molecule has 0 aromatic carbocycles. The molecular weight excluding hydrogens is 518 g/mol. The number of nitrogens with two attached hydrogens (primary N) is 2. The molecule has 39 heavy (non-hydrogen) atoms. The highest BCUT2D eigenvalue weighted by Crippen LogP contribution is 2.32. The second kappa shape index (κ2) is 12.3. The van der Waals surface area contributed by atoms with Gasteiger partial charge >= 0.3 is 0 Å². The van der Waals surface area contributed by atoms with Crippen LogP contribution in [0.1, 0.15) is 68.3 Å². The van der Waals surface area contributed by atoms with Crippen molar-refractivity contribution < 1.29 is 9.59 Å². The predicted octanol–water partition coefficient (Wildman–Crippen LogP) is 3.60. The number of hydrogen-bond donors (Lipinski definition) is 5.